The highest BCUT2D eigenvalue weighted by Gasteiger charge is 2.22. The molecule has 0 saturated carbocycles. The van der Waals surface area contributed by atoms with E-state index in [0.29, 0.717) is 19.3 Å². The molecule has 0 aromatic heterocycles. The zero-order valence-corrected chi connectivity index (χ0v) is 9.54. The fraction of sp³-hybridized carbons (Fsp3) is 0.385. The predicted octanol–water partition coefficient (Wildman–Crippen LogP) is 1.34. The minimum Gasteiger partial charge on any atom is -0.491 e. The molecule has 1 atom stereocenters. The molecule has 1 aromatic rings. The van der Waals surface area contributed by atoms with Crippen LogP contribution in [0.4, 0.5) is 0 Å². The molecule has 0 aliphatic carbocycles. The number of hydrogen-bond acceptors (Lipinski definition) is 3. The third kappa shape index (κ3) is 2.19. The second-order valence-corrected chi connectivity index (χ2v) is 3.64. The Morgan fingerprint density at radius 2 is 2.44 bits per heavy atom. The van der Waals surface area contributed by atoms with E-state index in [4.69, 9.17) is 9.47 Å². The molecule has 1 aliphatic rings. The van der Waals surface area contributed by atoms with Crippen LogP contribution in [-0.4, -0.2) is 27.4 Å². The molecule has 0 radical (unpaired) electrons. The van der Waals surface area contributed by atoms with E-state index in [-0.39, 0.29) is 0 Å². The number of nitrogens with one attached hydrogen (secondary N) is 1. The summed E-state index contributed by atoms with van der Waals surface area (Å²) in [6.07, 6.45) is 0. The van der Waals surface area contributed by atoms with Crippen molar-refractivity contribution in [1.29, 1.82) is 0 Å². The topological polar surface area (TPSA) is 30.5 Å². The molecule has 1 aliphatic heterocycles. The summed E-state index contributed by atoms with van der Waals surface area (Å²) in [5.74, 6) is 6.89. The van der Waals surface area contributed by atoms with E-state index in [1.807, 2.05) is 19.2 Å². The Balaban J connectivity index is 2.19. The van der Waals surface area contributed by atoms with Crippen molar-refractivity contribution in [3.05, 3.63) is 29.3 Å². The molecule has 3 heteroatoms. The molecule has 0 spiro atoms. The number of ether oxygens (including phenoxy) is 2. The highest BCUT2D eigenvalue weighted by atomic mass is 16.5. The van der Waals surface area contributed by atoms with Crippen molar-refractivity contribution in [2.45, 2.75) is 6.04 Å². The zero-order chi connectivity index (χ0) is 11.4. The Labute approximate surface area is 95.8 Å². The Bertz CT molecular complexity index is 431. The second kappa shape index (κ2) is 5.02. The minimum absolute atomic E-state index is 0.302. The first-order valence-corrected chi connectivity index (χ1v) is 5.27. The van der Waals surface area contributed by atoms with Gasteiger partial charge in [-0.15, -0.1) is 0 Å². The van der Waals surface area contributed by atoms with Crippen molar-refractivity contribution < 1.29 is 9.47 Å². The van der Waals surface area contributed by atoms with Crippen LogP contribution in [0.15, 0.2) is 18.2 Å². The zero-order valence-electron chi connectivity index (χ0n) is 9.54. The summed E-state index contributed by atoms with van der Waals surface area (Å²) >= 11 is 0. The number of rotatable bonds is 2. The van der Waals surface area contributed by atoms with E-state index in [1.165, 1.54) is 5.56 Å². The monoisotopic (exact) mass is 217 g/mol. The van der Waals surface area contributed by atoms with Gasteiger partial charge in [-0.05, 0) is 19.2 Å². The van der Waals surface area contributed by atoms with Crippen LogP contribution >= 0.6 is 0 Å². The summed E-state index contributed by atoms with van der Waals surface area (Å²) in [5.41, 5.74) is 2.17. The molecule has 0 fully saturated rings. The van der Waals surface area contributed by atoms with Crippen LogP contribution in [-0.2, 0) is 4.74 Å². The lowest BCUT2D eigenvalue weighted by atomic mass is 10.1. The van der Waals surface area contributed by atoms with Crippen molar-refractivity contribution in [2.24, 2.45) is 0 Å². The van der Waals surface area contributed by atoms with Gasteiger partial charge < -0.3 is 14.8 Å². The molecule has 1 heterocycles. The van der Waals surface area contributed by atoms with Gasteiger partial charge in [0.1, 0.15) is 19.0 Å². The number of likely N-dealkylation sites (N-methyl/N-ethyl adjacent to an activating group) is 1. The van der Waals surface area contributed by atoms with Gasteiger partial charge in [0.05, 0.1) is 6.04 Å². The Morgan fingerprint density at radius 3 is 3.19 bits per heavy atom. The maximum absolute atomic E-state index is 5.59. The van der Waals surface area contributed by atoms with Gasteiger partial charge in [-0.2, -0.15) is 0 Å². The second-order valence-electron chi connectivity index (χ2n) is 3.64. The number of hydrogen-bond donors (Lipinski definition) is 1. The summed E-state index contributed by atoms with van der Waals surface area (Å²) in [4.78, 5) is 0. The van der Waals surface area contributed by atoms with E-state index in [1.54, 1.807) is 7.11 Å². The van der Waals surface area contributed by atoms with Crippen molar-refractivity contribution in [3.63, 3.8) is 0 Å². The minimum atomic E-state index is 0.302. The van der Waals surface area contributed by atoms with E-state index in [9.17, 15) is 0 Å². The lowest BCUT2D eigenvalue weighted by Crippen LogP contribution is -2.17. The van der Waals surface area contributed by atoms with Crippen molar-refractivity contribution >= 4 is 0 Å². The molecule has 2 rings (SSSR count). The Morgan fingerprint density at radius 1 is 1.56 bits per heavy atom. The molecular formula is C13H15NO2. The van der Waals surface area contributed by atoms with E-state index in [0.717, 1.165) is 11.3 Å². The van der Waals surface area contributed by atoms with Gasteiger partial charge in [0.25, 0.3) is 0 Å². The number of benzene rings is 1. The van der Waals surface area contributed by atoms with Crippen LogP contribution in [0.25, 0.3) is 0 Å². The molecule has 1 unspecified atom stereocenters. The quantitative estimate of drug-likeness (QED) is 0.758. The number of methoxy groups -OCH3 is 1. The molecule has 3 nitrogen and oxygen atoms in total. The van der Waals surface area contributed by atoms with Crippen molar-refractivity contribution in [3.8, 4) is 17.6 Å². The maximum Gasteiger partial charge on any atom is 0.125 e. The standard InChI is InChI=1S/C13H15NO2/c1-14-12-9-16-13-8-10(4-3-7-15-2)5-6-11(12)13/h5-6,8,12,14H,7,9H2,1-2H3. The summed E-state index contributed by atoms with van der Waals surface area (Å²) < 4.78 is 10.5. The molecule has 0 bridgehead atoms. The van der Waals surface area contributed by atoms with Gasteiger partial charge in [0, 0.05) is 18.2 Å². The highest BCUT2D eigenvalue weighted by Crippen LogP contribution is 2.32. The van der Waals surface area contributed by atoms with E-state index in [2.05, 4.69) is 23.2 Å². The molecule has 1 N–H and O–H groups in total. The molecule has 1 aromatic carbocycles. The summed E-state index contributed by atoms with van der Waals surface area (Å²) in [6, 6.07) is 6.37. The average Bonchev–Trinajstić information content (AvgIpc) is 2.71. The van der Waals surface area contributed by atoms with Crippen LogP contribution < -0.4 is 10.1 Å². The highest BCUT2D eigenvalue weighted by molar-refractivity contribution is 5.47. The van der Waals surface area contributed by atoms with Gasteiger partial charge in [-0.1, -0.05) is 17.9 Å². The van der Waals surface area contributed by atoms with Gasteiger partial charge in [0.2, 0.25) is 0 Å². The van der Waals surface area contributed by atoms with Gasteiger partial charge >= 0.3 is 0 Å². The summed E-state index contributed by atoms with van der Waals surface area (Å²) in [7, 11) is 3.58. The van der Waals surface area contributed by atoms with Crippen LogP contribution in [0, 0.1) is 11.8 Å². The van der Waals surface area contributed by atoms with Crippen LogP contribution in [0.3, 0.4) is 0 Å². The Kier molecular flexibility index (Phi) is 3.45. The molecule has 0 amide bonds. The Hall–Kier alpha value is -1.50. The number of fused-ring (bicyclic) bond motifs is 1. The smallest absolute Gasteiger partial charge is 0.125 e. The third-order valence-corrected chi connectivity index (χ3v) is 2.59. The average molecular weight is 217 g/mol. The molecule has 0 saturated heterocycles. The van der Waals surface area contributed by atoms with E-state index < -0.39 is 0 Å². The SMILES string of the molecule is CNC1COc2cc(C#CCOC)ccc21. The van der Waals surface area contributed by atoms with Gasteiger partial charge in [-0.25, -0.2) is 0 Å². The van der Waals surface area contributed by atoms with Crippen molar-refractivity contribution in [1.82, 2.24) is 5.32 Å². The predicted molar refractivity (Wildman–Crippen MR) is 62.5 cm³/mol. The molecule has 84 valence electrons. The normalized spacial score (nSPS) is 17.2. The summed E-state index contributed by atoms with van der Waals surface area (Å²) in [5, 5.41) is 3.21. The van der Waals surface area contributed by atoms with Crippen LogP contribution in [0.1, 0.15) is 17.2 Å². The fourth-order valence-corrected chi connectivity index (χ4v) is 1.74. The van der Waals surface area contributed by atoms with Crippen LogP contribution in [0.2, 0.25) is 0 Å². The van der Waals surface area contributed by atoms with Gasteiger partial charge in [-0.3, -0.25) is 0 Å². The molecular weight excluding hydrogens is 202 g/mol. The first-order chi connectivity index (χ1) is 7.85. The maximum atomic E-state index is 5.59. The molecule has 16 heavy (non-hydrogen) atoms. The van der Waals surface area contributed by atoms with E-state index >= 15 is 0 Å². The third-order valence-electron chi connectivity index (χ3n) is 2.59. The summed E-state index contributed by atoms with van der Waals surface area (Å²) in [6.45, 7) is 1.15. The fourth-order valence-electron chi connectivity index (χ4n) is 1.74. The largest absolute Gasteiger partial charge is 0.491 e. The van der Waals surface area contributed by atoms with Gasteiger partial charge in [0.15, 0.2) is 0 Å². The first-order valence-electron chi connectivity index (χ1n) is 5.27. The lowest BCUT2D eigenvalue weighted by molar-refractivity contribution is 0.240. The van der Waals surface area contributed by atoms with Crippen LogP contribution in [0.5, 0.6) is 5.75 Å². The first kappa shape index (κ1) is 11.0. The van der Waals surface area contributed by atoms with Crippen molar-refractivity contribution in [2.75, 3.05) is 27.4 Å². The lowest BCUT2D eigenvalue weighted by Gasteiger charge is -2.05.